The van der Waals surface area contributed by atoms with Gasteiger partial charge in [0.25, 0.3) is 0 Å². The van der Waals surface area contributed by atoms with Gasteiger partial charge in [-0.05, 0) is 48.9 Å². The Morgan fingerprint density at radius 1 is 1.10 bits per heavy atom. The molecule has 0 amide bonds. The van der Waals surface area contributed by atoms with E-state index in [1.54, 1.807) is 24.4 Å². The third-order valence-corrected chi connectivity index (χ3v) is 5.04. The minimum atomic E-state index is -0.309. The lowest BCUT2D eigenvalue weighted by molar-refractivity contribution is 0.300. The van der Waals surface area contributed by atoms with Gasteiger partial charge in [0, 0.05) is 48.8 Å². The smallest absolute Gasteiger partial charge is 0.134 e. The lowest BCUT2D eigenvalue weighted by atomic mass is 10.1. The van der Waals surface area contributed by atoms with Gasteiger partial charge in [0.15, 0.2) is 0 Å². The van der Waals surface area contributed by atoms with E-state index in [0.29, 0.717) is 17.9 Å². The average molecular weight is 404 g/mol. The molecule has 6 heteroatoms. The zero-order valence-corrected chi connectivity index (χ0v) is 16.8. The van der Waals surface area contributed by atoms with E-state index in [2.05, 4.69) is 38.6 Å². The summed E-state index contributed by atoms with van der Waals surface area (Å²) < 4.78 is 22.1. The molecule has 1 aliphatic heterocycles. The molecule has 3 heterocycles. The van der Waals surface area contributed by atoms with Gasteiger partial charge in [0.1, 0.15) is 18.2 Å². The molecule has 1 aliphatic rings. The molecule has 1 aromatic carbocycles. The van der Waals surface area contributed by atoms with Gasteiger partial charge < -0.3 is 9.30 Å². The Kier molecular flexibility index (Phi) is 6.37. The maximum atomic E-state index is 14.4. The first-order valence-electron chi connectivity index (χ1n) is 9.98. The molecule has 4 rings (SSSR count). The van der Waals surface area contributed by atoms with Crippen molar-refractivity contribution < 1.29 is 9.13 Å². The molecule has 154 valence electrons. The summed E-state index contributed by atoms with van der Waals surface area (Å²) in [7, 11) is 2.02. The van der Waals surface area contributed by atoms with Crippen molar-refractivity contribution in [2.24, 2.45) is 7.05 Å². The number of hydrogen-bond donors (Lipinski definition) is 2. The lowest BCUT2D eigenvalue weighted by Gasteiger charge is -2.07. The van der Waals surface area contributed by atoms with Crippen LogP contribution in [0.25, 0.3) is 12.2 Å². The molecular formula is C24H25FN4O. The summed E-state index contributed by atoms with van der Waals surface area (Å²) in [5.74, 6) is 0.178. The highest BCUT2D eigenvalue weighted by molar-refractivity contribution is 5.52. The van der Waals surface area contributed by atoms with Crippen LogP contribution in [0.5, 0.6) is 5.75 Å². The summed E-state index contributed by atoms with van der Waals surface area (Å²) in [6.07, 6.45) is 12.7. The van der Waals surface area contributed by atoms with Crippen LogP contribution in [0, 0.1) is 5.82 Å². The Bertz CT molecular complexity index is 1030. The number of rotatable bonds is 7. The SMILES string of the molecule is Cn1cccc1/C=C/C1CC(/C=C/c2ccc(OCc3ccccn3)cc2F)NN1. The molecule has 1 saturated heterocycles. The molecular weight excluding hydrogens is 379 g/mol. The zero-order chi connectivity index (χ0) is 20.8. The largest absolute Gasteiger partial charge is 0.487 e. The van der Waals surface area contributed by atoms with Crippen molar-refractivity contribution in [3.63, 3.8) is 0 Å². The molecule has 5 nitrogen and oxygen atoms in total. The van der Waals surface area contributed by atoms with Crippen molar-refractivity contribution in [3.05, 3.63) is 95.8 Å². The first kappa shape index (κ1) is 20.1. The molecule has 2 N–H and O–H groups in total. The third kappa shape index (κ3) is 5.23. The summed E-state index contributed by atoms with van der Waals surface area (Å²) in [6, 6.07) is 15.0. The van der Waals surface area contributed by atoms with Gasteiger partial charge in [-0.3, -0.25) is 15.8 Å². The monoisotopic (exact) mass is 404 g/mol. The topological polar surface area (TPSA) is 51.1 Å². The van der Waals surface area contributed by atoms with Crippen molar-refractivity contribution in [2.45, 2.75) is 25.1 Å². The van der Waals surface area contributed by atoms with Crippen LogP contribution in [-0.4, -0.2) is 21.6 Å². The van der Waals surface area contributed by atoms with E-state index in [1.165, 1.54) is 6.07 Å². The number of hydrogen-bond acceptors (Lipinski definition) is 4. The third-order valence-electron chi connectivity index (χ3n) is 5.04. The predicted octanol–water partition coefficient (Wildman–Crippen LogP) is 4.10. The Labute approximate surface area is 175 Å². The van der Waals surface area contributed by atoms with Crippen LogP contribution in [0.1, 0.15) is 23.4 Å². The van der Waals surface area contributed by atoms with Crippen LogP contribution >= 0.6 is 0 Å². The molecule has 2 aromatic heterocycles. The van der Waals surface area contributed by atoms with Crippen LogP contribution in [0.4, 0.5) is 4.39 Å². The van der Waals surface area contributed by atoms with E-state index in [9.17, 15) is 4.39 Å². The maximum absolute atomic E-state index is 14.4. The van der Waals surface area contributed by atoms with Crippen LogP contribution < -0.4 is 15.6 Å². The van der Waals surface area contributed by atoms with E-state index in [-0.39, 0.29) is 17.9 Å². The molecule has 0 saturated carbocycles. The Hall–Kier alpha value is -3.22. The first-order valence-corrected chi connectivity index (χ1v) is 9.98. The minimum Gasteiger partial charge on any atom is -0.487 e. The number of halogens is 1. The molecule has 0 aliphatic carbocycles. The van der Waals surface area contributed by atoms with Crippen LogP contribution in [0.3, 0.4) is 0 Å². The molecule has 0 spiro atoms. The molecule has 2 atom stereocenters. The van der Waals surface area contributed by atoms with E-state index in [1.807, 2.05) is 43.6 Å². The van der Waals surface area contributed by atoms with E-state index >= 15 is 0 Å². The van der Waals surface area contributed by atoms with Crippen LogP contribution in [-0.2, 0) is 13.7 Å². The standard InChI is InChI=1S/C24H25FN4O/c1-29-14-4-6-22(29)11-10-20-15-19(27-28-20)9-7-18-8-12-23(16-24(18)25)30-17-21-5-2-3-13-26-21/h2-14,16,19-20,27-28H,15,17H2,1H3/b9-7+,11-10+. The number of aromatic nitrogens is 2. The molecule has 3 aromatic rings. The second kappa shape index (κ2) is 9.52. The van der Waals surface area contributed by atoms with Gasteiger partial charge in [0.05, 0.1) is 5.69 Å². The van der Waals surface area contributed by atoms with Gasteiger partial charge in [-0.25, -0.2) is 4.39 Å². The summed E-state index contributed by atoms with van der Waals surface area (Å²) in [5.41, 5.74) is 9.00. The molecule has 0 bridgehead atoms. The number of benzene rings is 1. The van der Waals surface area contributed by atoms with Gasteiger partial charge >= 0.3 is 0 Å². The maximum Gasteiger partial charge on any atom is 0.134 e. The quantitative estimate of drug-likeness (QED) is 0.623. The highest BCUT2D eigenvalue weighted by Gasteiger charge is 2.19. The van der Waals surface area contributed by atoms with Gasteiger partial charge in [-0.1, -0.05) is 24.3 Å². The fourth-order valence-corrected chi connectivity index (χ4v) is 3.31. The number of aryl methyl sites for hydroxylation is 1. The van der Waals surface area contributed by atoms with Crippen molar-refractivity contribution in [1.82, 2.24) is 20.4 Å². The highest BCUT2D eigenvalue weighted by atomic mass is 19.1. The van der Waals surface area contributed by atoms with E-state index < -0.39 is 0 Å². The number of hydrazine groups is 1. The van der Waals surface area contributed by atoms with Gasteiger partial charge in [0.2, 0.25) is 0 Å². The van der Waals surface area contributed by atoms with Crippen LogP contribution in [0.15, 0.2) is 73.1 Å². The van der Waals surface area contributed by atoms with Crippen molar-refractivity contribution in [1.29, 1.82) is 0 Å². The Morgan fingerprint density at radius 3 is 2.63 bits per heavy atom. The zero-order valence-electron chi connectivity index (χ0n) is 16.8. The predicted molar refractivity (Wildman–Crippen MR) is 117 cm³/mol. The van der Waals surface area contributed by atoms with Crippen LogP contribution in [0.2, 0.25) is 0 Å². The first-order chi connectivity index (χ1) is 14.7. The second-order valence-electron chi connectivity index (χ2n) is 7.29. The molecule has 2 unspecified atom stereocenters. The van der Waals surface area contributed by atoms with E-state index in [4.69, 9.17) is 4.74 Å². The summed E-state index contributed by atoms with van der Waals surface area (Å²) in [6.45, 7) is 0.310. The van der Waals surface area contributed by atoms with Crippen molar-refractivity contribution in [2.75, 3.05) is 0 Å². The number of nitrogens with one attached hydrogen (secondary N) is 2. The molecule has 0 radical (unpaired) electrons. The normalized spacial score (nSPS) is 19.1. The number of nitrogens with zero attached hydrogens (tertiary/aromatic N) is 2. The van der Waals surface area contributed by atoms with Gasteiger partial charge in [-0.2, -0.15) is 0 Å². The van der Waals surface area contributed by atoms with Gasteiger partial charge in [-0.15, -0.1) is 0 Å². The van der Waals surface area contributed by atoms with Crippen molar-refractivity contribution >= 4 is 12.2 Å². The Morgan fingerprint density at radius 2 is 1.93 bits per heavy atom. The fraction of sp³-hybridized carbons (Fsp3) is 0.208. The summed E-state index contributed by atoms with van der Waals surface area (Å²) >= 11 is 0. The van der Waals surface area contributed by atoms with Crippen molar-refractivity contribution in [3.8, 4) is 5.75 Å². The average Bonchev–Trinajstić information content (AvgIpc) is 3.39. The number of ether oxygens (including phenoxy) is 1. The summed E-state index contributed by atoms with van der Waals surface area (Å²) in [4.78, 5) is 4.20. The van der Waals surface area contributed by atoms with E-state index in [0.717, 1.165) is 17.8 Å². The lowest BCUT2D eigenvalue weighted by Crippen LogP contribution is -2.31. The highest BCUT2D eigenvalue weighted by Crippen LogP contribution is 2.20. The second-order valence-corrected chi connectivity index (χ2v) is 7.29. The Balaban J connectivity index is 1.30. The molecule has 1 fully saturated rings. The summed E-state index contributed by atoms with van der Waals surface area (Å²) in [5, 5.41) is 0. The number of pyridine rings is 1. The minimum absolute atomic E-state index is 0.132. The molecule has 30 heavy (non-hydrogen) atoms. The fourth-order valence-electron chi connectivity index (χ4n) is 3.31.